The zero-order valence-electron chi connectivity index (χ0n) is 9.91. The van der Waals surface area contributed by atoms with Crippen LogP contribution in [-0.4, -0.2) is 19.6 Å². The molecular weight excluding hydrogens is 238 g/mol. The number of nitriles is 1. The maximum Gasteiger partial charge on any atom is 0.162 e. The van der Waals surface area contributed by atoms with Gasteiger partial charge in [0.05, 0.1) is 25.3 Å². The highest BCUT2D eigenvalue weighted by Gasteiger charge is 2.05. The van der Waals surface area contributed by atoms with Crippen molar-refractivity contribution in [2.45, 2.75) is 19.3 Å². The van der Waals surface area contributed by atoms with Crippen molar-refractivity contribution in [1.29, 1.82) is 5.26 Å². The molecule has 0 N–H and O–H groups in total. The maximum atomic E-state index is 8.76. The zero-order valence-corrected chi connectivity index (χ0v) is 10.7. The summed E-state index contributed by atoms with van der Waals surface area (Å²) in [6.45, 7) is 0.638. The number of hydrogen-bond donors (Lipinski definition) is 0. The quantitative estimate of drug-likeness (QED) is 0.553. The van der Waals surface area contributed by atoms with Gasteiger partial charge in [-0.15, -0.1) is 11.6 Å². The molecule has 0 aromatic heterocycles. The lowest BCUT2D eigenvalue weighted by molar-refractivity contribution is 0.286. The number of methoxy groups -OCH3 is 1. The van der Waals surface area contributed by atoms with Crippen LogP contribution in [0.2, 0.25) is 0 Å². The average Bonchev–Trinajstić information content (AvgIpc) is 2.38. The Bertz CT molecular complexity index is 387. The van der Waals surface area contributed by atoms with E-state index in [0.29, 0.717) is 29.5 Å². The van der Waals surface area contributed by atoms with Gasteiger partial charge in [0.15, 0.2) is 11.5 Å². The third kappa shape index (κ3) is 4.54. The molecule has 0 spiro atoms. The van der Waals surface area contributed by atoms with E-state index in [-0.39, 0.29) is 0 Å². The first-order valence-corrected chi connectivity index (χ1v) is 6.12. The van der Waals surface area contributed by atoms with Gasteiger partial charge in [0.1, 0.15) is 0 Å². The number of unbranched alkanes of at least 4 members (excludes halogenated alkanes) is 2. The molecule has 0 atom stereocenters. The molecule has 0 heterocycles. The Balaban J connectivity index is 2.50. The van der Waals surface area contributed by atoms with E-state index >= 15 is 0 Å². The van der Waals surface area contributed by atoms with E-state index in [1.54, 1.807) is 25.3 Å². The number of hydrogen-bond acceptors (Lipinski definition) is 3. The minimum absolute atomic E-state index is 0.566. The lowest BCUT2D eigenvalue weighted by Gasteiger charge is -2.10. The minimum Gasteiger partial charge on any atom is -0.493 e. The molecule has 0 bridgehead atoms. The fourth-order valence-electron chi connectivity index (χ4n) is 1.41. The number of alkyl halides is 1. The molecule has 92 valence electrons. The van der Waals surface area contributed by atoms with Crippen LogP contribution in [0.5, 0.6) is 11.5 Å². The average molecular weight is 254 g/mol. The fraction of sp³-hybridized carbons (Fsp3) is 0.462. The Morgan fingerprint density at radius 3 is 2.71 bits per heavy atom. The largest absolute Gasteiger partial charge is 0.493 e. The maximum absolute atomic E-state index is 8.76. The van der Waals surface area contributed by atoms with Crippen molar-refractivity contribution in [2.24, 2.45) is 0 Å². The molecule has 0 unspecified atom stereocenters. The number of benzene rings is 1. The molecule has 1 rings (SSSR count). The smallest absolute Gasteiger partial charge is 0.162 e. The summed E-state index contributed by atoms with van der Waals surface area (Å²) < 4.78 is 10.8. The van der Waals surface area contributed by atoms with Crippen LogP contribution in [-0.2, 0) is 0 Å². The molecule has 0 amide bonds. The van der Waals surface area contributed by atoms with E-state index in [0.717, 1.165) is 19.3 Å². The van der Waals surface area contributed by atoms with Crippen LogP contribution >= 0.6 is 11.6 Å². The van der Waals surface area contributed by atoms with Crippen molar-refractivity contribution in [2.75, 3.05) is 19.6 Å². The second-order valence-electron chi connectivity index (χ2n) is 3.58. The van der Waals surface area contributed by atoms with Crippen molar-refractivity contribution >= 4 is 11.6 Å². The van der Waals surface area contributed by atoms with E-state index in [1.165, 1.54) is 0 Å². The molecular formula is C13H16ClNO2. The van der Waals surface area contributed by atoms with Crippen molar-refractivity contribution < 1.29 is 9.47 Å². The van der Waals surface area contributed by atoms with E-state index in [4.69, 9.17) is 26.3 Å². The van der Waals surface area contributed by atoms with Crippen LogP contribution in [0.25, 0.3) is 0 Å². The molecule has 1 aromatic carbocycles. The molecule has 0 aliphatic carbocycles. The lowest BCUT2D eigenvalue weighted by Crippen LogP contribution is -1.99. The van der Waals surface area contributed by atoms with Crippen LogP contribution < -0.4 is 9.47 Å². The number of ether oxygens (including phenoxy) is 2. The van der Waals surface area contributed by atoms with Gasteiger partial charge in [-0.1, -0.05) is 0 Å². The van der Waals surface area contributed by atoms with Crippen molar-refractivity contribution in [1.82, 2.24) is 0 Å². The van der Waals surface area contributed by atoms with Crippen molar-refractivity contribution in [3.05, 3.63) is 23.8 Å². The van der Waals surface area contributed by atoms with E-state index in [2.05, 4.69) is 6.07 Å². The predicted octanol–water partition coefficient (Wildman–Crippen LogP) is 3.35. The molecule has 0 fully saturated rings. The van der Waals surface area contributed by atoms with Gasteiger partial charge < -0.3 is 9.47 Å². The molecule has 0 aliphatic heterocycles. The third-order valence-corrected chi connectivity index (χ3v) is 2.60. The predicted molar refractivity (Wildman–Crippen MR) is 67.8 cm³/mol. The van der Waals surface area contributed by atoms with Crippen LogP contribution in [0.4, 0.5) is 0 Å². The van der Waals surface area contributed by atoms with Gasteiger partial charge in [0, 0.05) is 11.9 Å². The Kier molecular flexibility index (Phi) is 6.27. The fourth-order valence-corrected chi connectivity index (χ4v) is 1.60. The monoisotopic (exact) mass is 253 g/mol. The van der Waals surface area contributed by atoms with Crippen molar-refractivity contribution in [3.63, 3.8) is 0 Å². The Morgan fingerprint density at radius 1 is 1.24 bits per heavy atom. The van der Waals surface area contributed by atoms with Gasteiger partial charge in [-0.2, -0.15) is 5.26 Å². The molecule has 17 heavy (non-hydrogen) atoms. The number of halogens is 1. The van der Waals surface area contributed by atoms with Crippen molar-refractivity contribution in [3.8, 4) is 17.6 Å². The zero-order chi connectivity index (χ0) is 12.5. The van der Waals surface area contributed by atoms with Gasteiger partial charge in [0.25, 0.3) is 0 Å². The summed E-state index contributed by atoms with van der Waals surface area (Å²) in [4.78, 5) is 0. The van der Waals surface area contributed by atoms with Gasteiger partial charge in [-0.25, -0.2) is 0 Å². The summed E-state index contributed by atoms with van der Waals surface area (Å²) in [7, 11) is 1.57. The Labute approximate surface area is 107 Å². The molecule has 3 nitrogen and oxygen atoms in total. The highest BCUT2D eigenvalue weighted by atomic mass is 35.5. The second kappa shape index (κ2) is 7.81. The standard InChI is InChI=1S/C13H16ClNO2/c1-16-13-9-11(10-15)5-6-12(13)17-8-4-2-3-7-14/h5-6,9H,2-4,7-8H2,1H3. The Morgan fingerprint density at radius 2 is 2.06 bits per heavy atom. The minimum atomic E-state index is 0.566. The number of nitrogens with zero attached hydrogens (tertiary/aromatic N) is 1. The van der Waals surface area contributed by atoms with Gasteiger partial charge in [-0.05, 0) is 31.4 Å². The van der Waals surface area contributed by atoms with E-state index in [9.17, 15) is 0 Å². The van der Waals surface area contributed by atoms with Gasteiger partial charge in [-0.3, -0.25) is 0 Å². The molecule has 1 aromatic rings. The summed E-state index contributed by atoms with van der Waals surface area (Å²) in [6.07, 6.45) is 3.04. The molecule has 0 saturated carbocycles. The highest BCUT2D eigenvalue weighted by molar-refractivity contribution is 6.17. The first-order chi connectivity index (χ1) is 8.31. The molecule has 0 aliphatic rings. The lowest BCUT2D eigenvalue weighted by atomic mass is 10.2. The normalized spacial score (nSPS) is 9.71. The molecule has 4 heteroatoms. The first-order valence-electron chi connectivity index (χ1n) is 5.58. The molecule has 0 radical (unpaired) electrons. The van der Waals surface area contributed by atoms with Crippen LogP contribution in [0.15, 0.2) is 18.2 Å². The third-order valence-electron chi connectivity index (χ3n) is 2.33. The second-order valence-corrected chi connectivity index (χ2v) is 3.95. The summed E-state index contributed by atoms with van der Waals surface area (Å²) >= 11 is 5.59. The Hall–Kier alpha value is -1.40. The summed E-state index contributed by atoms with van der Waals surface area (Å²) in [5, 5.41) is 8.76. The van der Waals surface area contributed by atoms with Crippen LogP contribution in [0.1, 0.15) is 24.8 Å². The first kappa shape index (κ1) is 13.7. The SMILES string of the molecule is COc1cc(C#N)ccc1OCCCCCCl. The summed E-state index contributed by atoms with van der Waals surface area (Å²) in [6, 6.07) is 7.22. The highest BCUT2D eigenvalue weighted by Crippen LogP contribution is 2.27. The topological polar surface area (TPSA) is 42.2 Å². The summed E-state index contributed by atoms with van der Waals surface area (Å²) in [5.74, 6) is 1.97. The van der Waals surface area contributed by atoms with Crippen LogP contribution in [0, 0.1) is 11.3 Å². The van der Waals surface area contributed by atoms with E-state index in [1.807, 2.05) is 0 Å². The van der Waals surface area contributed by atoms with Gasteiger partial charge >= 0.3 is 0 Å². The van der Waals surface area contributed by atoms with Crippen LogP contribution in [0.3, 0.4) is 0 Å². The summed E-state index contributed by atoms with van der Waals surface area (Å²) in [5.41, 5.74) is 0.566. The van der Waals surface area contributed by atoms with E-state index < -0.39 is 0 Å². The molecule has 0 saturated heterocycles. The van der Waals surface area contributed by atoms with Gasteiger partial charge in [0.2, 0.25) is 0 Å². The number of rotatable bonds is 7.